The Bertz CT molecular complexity index is 406. The van der Waals surface area contributed by atoms with Crippen LogP contribution in [-0.4, -0.2) is 7.11 Å². The molecular weight excluding hydrogens is 256 g/mol. The molecule has 0 amide bonds. The Balaban J connectivity index is 1.87. The molecule has 0 aromatic heterocycles. The summed E-state index contributed by atoms with van der Waals surface area (Å²) in [6.07, 6.45) is 9.92. The lowest BCUT2D eigenvalue weighted by Gasteiger charge is -2.21. The second-order valence-corrected chi connectivity index (χ2v) is 7.68. The molecule has 1 aromatic rings. The lowest BCUT2D eigenvalue weighted by molar-refractivity contribution is 0.0920. The molecule has 1 nitrogen and oxygen atoms in total. The molecule has 0 unspecified atom stereocenters. The number of hydrogen-bond donors (Lipinski definition) is 0. The van der Waals surface area contributed by atoms with Crippen molar-refractivity contribution in [3.63, 3.8) is 0 Å². The van der Waals surface area contributed by atoms with Crippen LogP contribution in [0.15, 0.2) is 24.3 Å². The molecule has 0 aliphatic heterocycles. The smallest absolute Gasteiger partial charge is 0.0821 e. The van der Waals surface area contributed by atoms with Gasteiger partial charge in [0.15, 0.2) is 0 Å². The summed E-state index contributed by atoms with van der Waals surface area (Å²) in [7, 11) is 1.85. The summed E-state index contributed by atoms with van der Waals surface area (Å²) >= 11 is 0. The molecule has 0 N–H and O–H groups in total. The Hall–Kier alpha value is -0.820. The highest BCUT2D eigenvalue weighted by Crippen LogP contribution is 2.32. The Morgan fingerprint density at radius 1 is 1.10 bits per heavy atom. The minimum Gasteiger partial charge on any atom is -0.377 e. The van der Waals surface area contributed by atoms with Gasteiger partial charge < -0.3 is 4.74 Å². The molecule has 1 heteroatoms. The lowest BCUT2D eigenvalue weighted by Crippen LogP contribution is -2.11. The van der Waals surface area contributed by atoms with Gasteiger partial charge in [0.1, 0.15) is 0 Å². The summed E-state index contributed by atoms with van der Waals surface area (Å²) < 4.78 is 5.73. The van der Waals surface area contributed by atoms with Crippen LogP contribution < -0.4 is 0 Å². The molecular formula is C20H32O. The van der Waals surface area contributed by atoms with E-state index in [-0.39, 0.29) is 11.5 Å². The van der Waals surface area contributed by atoms with Crippen molar-refractivity contribution in [2.24, 2.45) is 5.92 Å². The van der Waals surface area contributed by atoms with Crippen LogP contribution in [0.3, 0.4) is 0 Å². The zero-order valence-electron chi connectivity index (χ0n) is 14.3. The van der Waals surface area contributed by atoms with Gasteiger partial charge in [0.2, 0.25) is 0 Å². The van der Waals surface area contributed by atoms with E-state index in [0.717, 1.165) is 12.3 Å². The summed E-state index contributed by atoms with van der Waals surface area (Å²) in [6, 6.07) is 9.03. The third-order valence-electron chi connectivity index (χ3n) is 4.99. The fourth-order valence-corrected chi connectivity index (χ4v) is 3.51. The van der Waals surface area contributed by atoms with E-state index in [0.29, 0.717) is 0 Å². The molecule has 1 aromatic carbocycles. The Labute approximate surface area is 131 Å². The van der Waals surface area contributed by atoms with Crippen molar-refractivity contribution in [2.75, 3.05) is 7.11 Å². The summed E-state index contributed by atoms with van der Waals surface area (Å²) in [5.41, 5.74) is 2.95. The molecule has 118 valence electrons. The fraction of sp³-hybridized carbons (Fsp3) is 0.700. The van der Waals surface area contributed by atoms with E-state index >= 15 is 0 Å². The highest BCUT2D eigenvalue weighted by molar-refractivity contribution is 5.28. The van der Waals surface area contributed by atoms with Gasteiger partial charge in [0, 0.05) is 7.11 Å². The van der Waals surface area contributed by atoms with E-state index in [1.165, 1.54) is 49.7 Å². The monoisotopic (exact) mass is 288 g/mol. The maximum Gasteiger partial charge on any atom is 0.0821 e. The number of rotatable bonds is 6. The lowest BCUT2D eigenvalue weighted by atomic mass is 9.86. The van der Waals surface area contributed by atoms with Crippen LogP contribution in [0.5, 0.6) is 0 Å². The maximum absolute atomic E-state index is 5.73. The van der Waals surface area contributed by atoms with Crippen LogP contribution in [-0.2, 0) is 10.2 Å². The molecule has 0 heterocycles. The summed E-state index contributed by atoms with van der Waals surface area (Å²) in [4.78, 5) is 0. The highest BCUT2D eigenvalue weighted by atomic mass is 16.5. The first-order chi connectivity index (χ1) is 10.0. The first kappa shape index (κ1) is 16.5. The Morgan fingerprint density at radius 3 is 2.24 bits per heavy atom. The van der Waals surface area contributed by atoms with Crippen LogP contribution >= 0.6 is 0 Å². The predicted octanol–water partition coefficient (Wildman–Crippen LogP) is 6.03. The van der Waals surface area contributed by atoms with E-state index < -0.39 is 0 Å². The quantitative estimate of drug-likeness (QED) is 0.620. The third-order valence-corrected chi connectivity index (χ3v) is 4.99. The van der Waals surface area contributed by atoms with Crippen molar-refractivity contribution in [2.45, 2.75) is 77.2 Å². The molecule has 1 aliphatic carbocycles. The fourth-order valence-electron chi connectivity index (χ4n) is 3.51. The van der Waals surface area contributed by atoms with E-state index in [1.807, 2.05) is 7.11 Å². The standard InChI is InChI=1S/C20H32O/c1-20(2,3)18-14-12-17(13-15-18)19(21-4)11-7-10-16-8-5-6-9-16/h12-16,19H,5-11H2,1-4H3/t19-/m0/s1. The third kappa shape index (κ3) is 4.85. The first-order valence-corrected chi connectivity index (χ1v) is 8.64. The molecule has 0 spiro atoms. The van der Waals surface area contributed by atoms with Gasteiger partial charge in [-0.05, 0) is 28.9 Å². The topological polar surface area (TPSA) is 9.23 Å². The zero-order valence-corrected chi connectivity index (χ0v) is 14.3. The summed E-state index contributed by atoms with van der Waals surface area (Å²) in [6.45, 7) is 6.78. The number of hydrogen-bond acceptors (Lipinski definition) is 1. The molecule has 0 saturated heterocycles. The van der Waals surface area contributed by atoms with Crippen molar-refractivity contribution in [3.05, 3.63) is 35.4 Å². The zero-order chi connectivity index (χ0) is 15.3. The van der Waals surface area contributed by atoms with E-state index in [2.05, 4.69) is 45.0 Å². The number of ether oxygens (including phenoxy) is 1. The molecule has 1 atom stereocenters. The minimum atomic E-state index is 0.226. The molecule has 1 fully saturated rings. The van der Waals surface area contributed by atoms with E-state index in [9.17, 15) is 0 Å². The van der Waals surface area contributed by atoms with Gasteiger partial charge in [-0.25, -0.2) is 0 Å². The molecule has 2 rings (SSSR count). The SMILES string of the molecule is CO[C@@H](CCCC1CCCC1)c1ccc(C(C)(C)C)cc1. The van der Waals surface area contributed by atoms with Crippen molar-refractivity contribution in [3.8, 4) is 0 Å². The average Bonchev–Trinajstić information content (AvgIpc) is 2.96. The number of methoxy groups -OCH3 is 1. The minimum absolute atomic E-state index is 0.226. The molecule has 1 saturated carbocycles. The van der Waals surface area contributed by atoms with Gasteiger partial charge in [-0.15, -0.1) is 0 Å². The van der Waals surface area contributed by atoms with Gasteiger partial charge in [-0.2, -0.15) is 0 Å². The highest BCUT2D eigenvalue weighted by Gasteiger charge is 2.17. The van der Waals surface area contributed by atoms with Crippen molar-refractivity contribution < 1.29 is 4.74 Å². The molecule has 1 aliphatic rings. The summed E-state index contributed by atoms with van der Waals surface area (Å²) in [5, 5.41) is 0. The van der Waals surface area contributed by atoms with E-state index in [4.69, 9.17) is 4.74 Å². The van der Waals surface area contributed by atoms with E-state index in [1.54, 1.807) is 0 Å². The normalized spacial score (nSPS) is 18.1. The maximum atomic E-state index is 5.73. The largest absolute Gasteiger partial charge is 0.377 e. The molecule has 0 radical (unpaired) electrons. The number of benzene rings is 1. The van der Waals surface area contributed by atoms with Gasteiger partial charge in [0.25, 0.3) is 0 Å². The predicted molar refractivity (Wildman–Crippen MR) is 90.7 cm³/mol. The Kier molecular flexibility index (Phi) is 5.87. The van der Waals surface area contributed by atoms with Crippen LogP contribution in [0.25, 0.3) is 0 Å². The average molecular weight is 288 g/mol. The van der Waals surface area contributed by atoms with Gasteiger partial charge in [-0.1, -0.05) is 83.6 Å². The van der Waals surface area contributed by atoms with Crippen LogP contribution in [0.1, 0.15) is 82.9 Å². The molecule has 0 bridgehead atoms. The van der Waals surface area contributed by atoms with Crippen LogP contribution in [0.2, 0.25) is 0 Å². The van der Waals surface area contributed by atoms with Gasteiger partial charge in [0.05, 0.1) is 6.10 Å². The molecule has 21 heavy (non-hydrogen) atoms. The van der Waals surface area contributed by atoms with Crippen molar-refractivity contribution in [1.82, 2.24) is 0 Å². The van der Waals surface area contributed by atoms with Gasteiger partial charge >= 0.3 is 0 Å². The Morgan fingerprint density at radius 2 is 1.71 bits per heavy atom. The first-order valence-electron chi connectivity index (χ1n) is 8.64. The van der Waals surface area contributed by atoms with Crippen LogP contribution in [0, 0.1) is 5.92 Å². The van der Waals surface area contributed by atoms with Crippen molar-refractivity contribution in [1.29, 1.82) is 0 Å². The second kappa shape index (κ2) is 7.45. The van der Waals surface area contributed by atoms with Crippen molar-refractivity contribution >= 4 is 0 Å². The van der Waals surface area contributed by atoms with Gasteiger partial charge in [-0.3, -0.25) is 0 Å². The van der Waals surface area contributed by atoms with Crippen LogP contribution in [0.4, 0.5) is 0 Å². The summed E-state index contributed by atoms with van der Waals surface area (Å²) in [5.74, 6) is 0.991. The second-order valence-electron chi connectivity index (χ2n) is 7.68.